The number of para-hydroxylation sites is 1. The highest BCUT2D eigenvalue weighted by Crippen LogP contribution is 2.24. The molecule has 2 aromatic heterocycles. The number of aryl methyl sites for hydroxylation is 1. The van der Waals surface area contributed by atoms with Crippen molar-refractivity contribution >= 4 is 39.5 Å². The number of carbonyl (C=O) groups is 1. The van der Waals surface area contributed by atoms with E-state index in [9.17, 15) is 4.79 Å². The molecule has 26 heavy (non-hydrogen) atoms. The highest BCUT2D eigenvalue weighted by Gasteiger charge is 2.10. The van der Waals surface area contributed by atoms with Crippen molar-refractivity contribution in [3.8, 4) is 5.88 Å². The average Bonchev–Trinajstić information content (AvgIpc) is 3.14. The van der Waals surface area contributed by atoms with Crippen molar-refractivity contribution in [2.24, 2.45) is 0 Å². The highest BCUT2D eigenvalue weighted by atomic mass is 35.5. The molecule has 0 bridgehead atoms. The Hall–Kier alpha value is -2.92. The number of ether oxygens (including phenoxy) is 1. The Labute approximate surface area is 155 Å². The van der Waals surface area contributed by atoms with Crippen molar-refractivity contribution in [3.05, 3.63) is 64.8 Å². The number of benzene rings is 2. The number of aromatic amines is 2. The van der Waals surface area contributed by atoms with Gasteiger partial charge < -0.3 is 20.0 Å². The highest BCUT2D eigenvalue weighted by molar-refractivity contribution is 6.31. The lowest BCUT2D eigenvalue weighted by atomic mass is 10.1. The molecule has 0 saturated heterocycles. The molecule has 4 rings (SSSR count). The number of nitrogens with one attached hydrogen (secondary N) is 3. The first-order valence-corrected chi connectivity index (χ1v) is 8.78. The summed E-state index contributed by atoms with van der Waals surface area (Å²) < 4.78 is 5.32. The number of carbonyl (C=O) groups excluding carboxylic acids is 1. The second kappa shape index (κ2) is 6.77. The van der Waals surface area contributed by atoms with Crippen molar-refractivity contribution in [3.63, 3.8) is 0 Å². The molecule has 0 radical (unpaired) electrons. The molecule has 132 valence electrons. The molecule has 4 aromatic rings. The number of halogens is 1. The lowest BCUT2D eigenvalue weighted by Crippen LogP contribution is -2.28. The van der Waals surface area contributed by atoms with Crippen LogP contribution in [0.5, 0.6) is 5.88 Å². The third-order valence-corrected chi connectivity index (χ3v) is 4.67. The van der Waals surface area contributed by atoms with Crippen LogP contribution in [0.15, 0.2) is 48.5 Å². The van der Waals surface area contributed by atoms with Crippen LogP contribution < -0.4 is 10.1 Å². The Balaban J connectivity index is 1.38. The maximum atomic E-state index is 12.0. The van der Waals surface area contributed by atoms with Gasteiger partial charge in [-0.15, -0.1) is 0 Å². The van der Waals surface area contributed by atoms with Crippen LogP contribution in [0, 0.1) is 6.92 Å². The van der Waals surface area contributed by atoms with Crippen molar-refractivity contribution in [2.45, 2.75) is 13.3 Å². The number of amides is 1. The zero-order valence-corrected chi connectivity index (χ0v) is 15.0. The van der Waals surface area contributed by atoms with Crippen LogP contribution in [0.25, 0.3) is 21.8 Å². The SMILES string of the molecule is Cc1[nH]c2ccccc2c1CCNC(=O)Oc1cc2cc(Cl)ccc2[nH]1. The van der Waals surface area contributed by atoms with Gasteiger partial charge in [0, 0.05) is 45.1 Å². The summed E-state index contributed by atoms with van der Waals surface area (Å²) in [6.45, 7) is 2.54. The average molecular weight is 368 g/mol. The first-order valence-electron chi connectivity index (χ1n) is 8.40. The van der Waals surface area contributed by atoms with Gasteiger partial charge in [0.05, 0.1) is 0 Å². The van der Waals surface area contributed by atoms with E-state index in [4.69, 9.17) is 16.3 Å². The molecule has 0 atom stereocenters. The van der Waals surface area contributed by atoms with Gasteiger partial charge in [-0.2, -0.15) is 0 Å². The quantitative estimate of drug-likeness (QED) is 0.478. The largest absolute Gasteiger partial charge is 0.413 e. The minimum atomic E-state index is -0.486. The van der Waals surface area contributed by atoms with Gasteiger partial charge in [0.15, 0.2) is 0 Å². The summed E-state index contributed by atoms with van der Waals surface area (Å²) in [5, 5.41) is 5.52. The Morgan fingerprint density at radius 1 is 1.12 bits per heavy atom. The molecule has 0 spiro atoms. The summed E-state index contributed by atoms with van der Waals surface area (Å²) in [7, 11) is 0. The molecule has 5 nitrogen and oxygen atoms in total. The summed E-state index contributed by atoms with van der Waals surface area (Å²) in [6.07, 6.45) is 0.243. The summed E-state index contributed by atoms with van der Waals surface area (Å²) in [6, 6.07) is 15.4. The fourth-order valence-corrected chi connectivity index (χ4v) is 3.39. The van der Waals surface area contributed by atoms with E-state index in [1.165, 1.54) is 10.9 Å². The maximum absolute atomic E-state index is 12.0. The number of H-pyrrole nitrogens is 2. The fraction of sp³-hybridized carbons (Fsp3) is 0.150. The fourth-order valence-electron chi connectivity index (χ4n) is 3.21. The predicted octanol–water partition coefficient (Wildman–Crippen LogP) is 4.94. The van der Waals surface area contributed by atoms with Crippen LogP contribution >= 0.6 is 11.6 Å². The van der Waals surface area contributed by atoms with Gasteiger partial charge in [-0.25, -0.2) is 4.79 Å². The van der Waals surface area contributed by atoms with Crippen molar-refractivity contribution in [1.82, 2.24) is 15.3 Å². The summed E-state index contributed by atoms with van der Waals surface area (Å²) in [4.78, 5) is 18.5. The lowest BCUT2D eigenvalue weighted by molar-refractivity contribution is 0.199. The standard InChI is InChI=1S/C20H18ClN3O2/c1-12-15(16-4-2-3-5-18(16)23-12)8-9-22-20(25)26-19-11-13-10-14(21)6-7-17(13)24-19/h2-7,10-11,23-24H,8-9H2,1H3,(H,22,25). The molecule has 1 amide bonds. The molecular formula is C20H18ClN3O2. The number of hydrogen-bond acceptors (Lipinski definition) is 2. The molecular weight excluding hydrogens is 350 g/mol. The minimum Gasteiger partial charge on any atom is -0.393 e. The van der Waals surface area contributed by atoms with Gasteiger partial charge in [0.2, 0.25) is 5.88 Å². The molecule has 0 aliphatic rings. The van der Waals surface area contributed by atoms with E-state index in [1.807, 2.05) is 31.2 Å². The van der Waals surface area contributed by atoms with Gasteiger partial charge in [-0.3, -0.25) is 0 Å². The monoisotopic (exact) mass is 367 g/mol. The Morgan fingerprint density at radius 3 is 2.85 bits per heavy atom. The number of fused-ring (bicyclic) bond motifs is 2. The zero-order valence-electron chi connectivity index (χ0n) is 14.2. The molecule has 0 aliphatic carbocycles. The molecule has 0 aliphatic heterocycles. The second-order valence-electron chi connectivity index (χ2n) is 6.21. The molecule has 2 heterocycles. The molecule has 0 unspecified atom stereocenters. The second-order valence-corrected chi connectivity index (χ2v) is 6.64. The third-order valence-electron chi connectivity index (χ3n) is 4.43. The Morgan fingerprint density at radius 2 is 1.96 bits per heavy atom. The normalized spacial score (nSPS) is 11.2. The van der Waals surface area contributed by atoms with Crippen molar-refractivity contribution < 1.29 is 9.53 Å². The topological polar surface area (TPSA) is 69.9 Å². The smallest absolute Gasteiger partial charge is 0.393 e. The van der Waals surface area contributed by atoms with Crippen LogP contribution in [0.1, 0.15) is 11.3 Å². The number of rotatable bonds is 4. The van der Waals surface area contributed by atoms with Gasteiger partial charge >= 0.3 is 6.09 Å². The van der Waals surface area contributed by atoms with Crippen LogP contribution in [0.4, 0.5) is 4.79 Å². The molecule has 6 heteroatoms. The molecule has 0 fully saturated rings. The van der Waals surface area contributed by atoms with Gasteiger partial charge in [0.25, 0.3) is 0 Å². The minimum absolute atomic E-state index is 0.392. The third kappa shape index (κ3) is 3.26. The first-order chi connectivity index (χ1) is 12.6. The number of hydrogen-bond donors (Lipinski definition) is 3. The lowest BCUT2D eigenvalue weighted by Gasteiger charge is -2.05. The van der Waals surface area contributed by atoms with Crippen molar-refractivity contribution in [2.75, 3.05) is 6.54 Å². The summed E-state index contributed by atoms with van der Waals surface area (Å²) in [5.41, 5.74) is 4.31. The molecule has 2 aromatic carbocycles. The predicted molar refractivity (Wildman–Crippen MR) is 104 cm³/mol. The van der Waals surface area contributed by atoms with Gasteiger partial charge in [-0.05, 0) is 43.2 Å². The maximum Gasteiger partial charge on any atom is 0.413 e. The van der Waals surface area contributed by atoms with E-state index in [0.717, 1.165) is 28.5 Å². The van der Waals surface area contributed by atoms with E-state index in [0.29, 0.717) is 17.4 Å². The van der Waals surface area contributed by atoms with Crippen LogP contribution in [0.3, 0.4) is 0 Å². The Bertz CT molecular complexity index is 1100. The summed E-state index contributed by atoms with van der Waals surface area (Å²) in [5.74, 6) is 0.392. The number of aromatic nitrogens is 2. The van der Waals surface area contributed by atoms with Gasteiger partial charge in [0.1, 0.15) is 0 Å². The van der Waals surface area contributed by atoms with E-state index < -0.39 is 6.09 Å². The van der Waals surface area contributed by atoms with Gasteiger partial charge in [-0.1, -0.05) is 29.8 Å². The Kier molecular flexibility index (Phi) is 4.31. The first kappa shape index (κ1) is 16.5. The van der Waals surface area contributed by atoms with E-state index >= 15 is 0 Å². The zero-order chi connectivity index (χ0) is 18.1. The van der Waals surface area contributed by atoms with E-state index in [1.54, 1.807) is 12.1 Å². The van der Waals surface area contributed by atoms with E-state index in [-0.39, 0.29) is 0 Å². The molecule has 0 saturated carbocycles. The van der Waals surface area contributed by atoms with Crippen LogP contribution in [0.2, 0.25) is 5.02 Å². The van der Waals surface area contributed by atoms with Crippen molar-refractivity contribution in [1.29, 1.82) is 0 Å². The summed E-state index contributed by atoms with van der Waals surface area (Å²) >= 11 is 5.97. The van der Waals surface area contributed by atoms with Crippen LogP contribution in [-0.2, 0) is 6.42 Å². The van der Waals surface area contributed by atoms with Crippen LogP contribution in [-0.4, -0.2) is 22.6 Å². The van der Waals surface area contributed by atoms with E-state index in [2.05, 4.69) is 27.4 Å². The molecule has 3 N–H and O–H groups in total.